The average Bonchev–Trinajstić information content (AvgIpc) is 3.25. The van der Waals surface area contributed by atoms with Gasteiger partial charge in [0.2, 0.25) is 0 Å². The van der Waals surface area contributed by atoms with Crippen molar-refractivity contribution in [2.24, 2.45) is 0 Å². The van der Waals surface area contributed by atoms with Gasteiger partial charge in [-0.1, -0.05) is 108 Å². The van der Waals surface area contributed by atoms with Gasteiger partial charge in [0.25, 0.3) is 11.7 Å². The average molecular weight is 588 g/mol. The lowest BCUT2D eigenvalue weighted by molar-refractivity contribution is -0.132. The zero-order valence-electron chi connectivity index (χ0n) is 26.6. The van der Waals surface area contributed by atoms with Crippen LogP contribution in [0.1, 0.15) is 81.0 Å². The highest BCUT2D eigenvalue weighted by molar-refractivity contribution is 6.51. The topological polar surface area (TPSA) is 66.8 Å². The van der Waals surface area contributed by atoms with Crippen LogP contribution < -0.4 is 9.64 Å². The van der Waals surface area contributed by atoms with Gasteiger partial charge in [0.1, 0.15) is 18.1 Å². The van der Waals surface area contributed by atoms with Crippen LogP contribution >= 0.6 is 0 Å². The molecule has 1 aliphatic heterocycles. The zero-order chi connectivity index (χ0) is 31.8. The van der Waals surface area contributed by atoms with Crippen molar-refractivity contribution in [2.75, 3.05) is 4.90 Å². The summed E-state index contributed by atoms with van der Waals surface area (Å²) in [5.74, 6) is -0.910. The van der Waals surface area contributed by atoms with E-state index in [4.69, 9.17) is 4.74 Å². The van der Waals surface area contributed by atoms with Crippen molar-refractivity contribution in [2.45, 2.75) is 71.9 Å². The molecule has 1 unspecified atom stereocenters. The Kier molecular flexibility index (Phi) is 8.26. The predicted octanol–water partition coefficient (Wildman–Crippen LogP) is 8.80. The van der Waals surface area contributed by atoms with Crippen LogP contribution in [0, 0.1) is 6.92 Å². The molecular weight excluding hydrogens is 546 g/mol. The second kappa shape index (κ2) is 11.8. The van der Waals surface area contributed by atoms with Crippen LogP contribution in [-0.4, -0.2) is 16.8 Å². The van der Waals surface area contributed by atoms with Crippen LogP contribution in [0.5, 0.6) is 5.75 Å². The van der Waals surface area contributed by atoms with Crippen molar-refractivity contribution in [3.8, 4) is 5.75 Å². The number of aliphatic hydroxyl groups is 1. The van der Waals surface area contributed by atoms with Gasteiger partial charge in [0.05, 0.1) is 11.6 Å². The first kappa shape index (κ1) is 30.8. The number of anilines is 1. The number of carbonyl (C=O) groups is 2. The number of hydrogen-bond donors (Lipinski definition) is 1. The van der Waals surface area contributed by atoms with Gasteiger partial charge < -0.3 is 9.84 Å². The molecule has 0 aromatic heterocycles. The van der Waals surface area contributed by atoms with E-state index < -0.39 is 17.7 Å². The Morgan fingerprint density at radius 3 is 1.89 bits per heavy atom. The summed E-state index contributed by atoms with van der Waals surface area (Å²) in [4.78, 5) is 28.9. The first-order chi connectivity index (χ1) is 20.8. The molecule has 1 heterocycles. The first-order valence-corrected chi connectivity index (χ1v) is 15.1. The summed E-state index contributed by atoms with van der Waals surface area (Å²) in [6, 6.07) is 30.1. The van der Waals surface area contributed by atoms with Crippen molar-refractivity contribution in [1.82, 2.24) is 0 Å². The number of amides is 1. The summed E-state index contributed by atoms with van der Waals surface area (Å²) < 4.78 is 6.03. The highest BCUT2D eigenvalue weighted by Gasteiger charge is 2.47. The summed E-state index contributed by atoms with van der Waals surface area (Å²) in [6.45, 7) is 15.1. The minimum Gasteiger partial charge on any atom is -0.507 e. The molecule has 4 aromatic carbocycles. The summed E-state index contributed by atoms with van der Waals surface area (Å²) in [6.07, 6.45) is 0. The highest BCUT2D eigenvalue weighted by Crippen LogP contribution is 2.43. The van der Waals surface area contributed by atoms with Gasteiger partial charge in [0, 0.05) is 11.3 Å². The smallest absolute Gasteiger partial charge is 0.300 e. The lowest BCUT2D eigenvalue weighted by atomic mass is 9.85. The number of aryl methyl sites for hydroxylation is 1. The van der Waals surface area contributed by atoms with E-state index in [-0.39, 0.29) is 22.2 Å². The summed E-state index contributed by atoms with van der Waals surface area (Å²) in [5, 5.41) is 11.7. The number of benzene rings is 4. The van der Waals surface area contributed by atoms with E-state index in [1.54, 1.807) is 18.2 Å². The highest BCUT2D eigenvalue weighted by atomic mass is 16.5. The fourth-order valence-electron chi connectivity index (χ4n) is 5.55. The Labute approximate surface area is 260 Å². The summed E-state index contributed by atoms with van der Waals surface area (Å²) in [7, 11) is 0. The molecule has 0 aliphatic carbocycles. The minimum absolute atomic E-state index is 0.0645. The van der Waals surface area contributed by atoms with Crippen molar-refractivity contribution < 1.29 is 19.4 Å². The van der Waals surface area contributed by atoms with E-state index in [2.05, 4.69) is 41.5 Å². The van der Waals surface area contributed by atoms with Gasteiger partial charge in [-0.15, -0.1) is 0 Å². The SMILES string of the molecule is Cc1cc(/C(O)=C2/C(=O)C(=O)N(c3ccc(C(C)(C)C)cc3)C2c2ccc(C(C)(C)C)cc2)ccc1OCc1ccccc1. The molecule has 5 heteroatoms. The Morgan fingerprint density at radius 2 is 1.34 bits per heavy atom. The van der Waals surface area contributed by atoms with Crippen LogP contribution in [0.4, 0.5) is 5.69 Å². The van der Waals surface area contributed by atoms with Crippen molar-refractivity contribution in [3.63, 3.8) is 0 Å². The summed E-state index contributed by atoms with van der Waals surface area (Å²) in [5.41, 5.74) is 5.85. The molecule has 5 rings (SSSR count). The number of ketones is 1. The number of hydrogen-bond acceptors (Lipinski definition) is 4. The van der Waals surface area contributed by atoms with Crippen molar-refractivity contribution in [3.05, 3.63) is 136 Å². The molecule has 4 aromatic rings. The lowest BCUT2D eigenvalue weighted by Gasteiger charge is -2.27. The Balaban J connectivity index is 1.57. The Hall–Kier alpha value is -4.64. The van der Waals surface area contributed by atoms with E-state index in [0.29, 0.717) is 23.6 Å². The largest absolute Gasteiger partial charge is 0.507 e. The molecule has 1 aliphatic rings. The van der Waals surface area contributed by atoms with E-state index in [1.165, 1.54) is 4.90 Å². The lowest BCUT2D eigenvalue weighted by Crippen LogP contribution is -2.29. The molecule has 1 amide bonds. The maximum atomic E-state index is 13.7. The molecule has 0 saturated carbocycles. The van der Waals surface area contributed by atoms with Crippen LogP contribution in [0.3, 0.4) is 0 Å². The molecule has 5 nitrogen and oxygen atoms in total. The maximum absolute atomic E-state index is 13.7. The van der Waals surface area contributed by atoms with Crippen LogP contribution in [-0.2, 0) is 27.0 Å². The number of Topliss-reactive ketones (excluding diaryl/α,β-unsaturated/α-hetero) is 1. The predicted molar refractivity (Wildman–Crippen MR) is 177 cm³/mol. The van der Waals surface area contributed by atoms with Gasteiger partial charge in [-0.3, -0.25) is 14.5 Å². The standard InChI is InChI=1S/C39H41NO4/c1-25-23-28(15-22-32(25)44-24-26-11-9-8-10-12-26)35(41)33-34(27-13-16-29(17-14-27)38(2,3)4)40(37(43)36(33)42)31-20-18-30(19-21-31)39(5,6)7/h8-23,34,41H,24H2,1-7H3/b35-33-. The Morgan fingerprint density at radius 1 is 0.773 bits per heavy atom. The van der Waals surface area contributed by atoms with E-state index in [0.717, 1.165) is 27.8 Å². The molecule has 1 N–H and O–H groups in total. The van der Waals surface area contributed by atoms with Gasteiger partial charge in [-0.2, -0.15) is 0 Å². The molecule has 0 bridgehead atoms. The number of ether oxygens (including phenoxy) is 1. The third-order valence-corrected chi connectivity index (χ3v) is 8.23. The molecular formula is C39H41NO4. The molecule has 44 heavy (non-hydrogen) atoms. The number of aliphatic hydroxyl groups excluding tert-OH is 1. The zero-order valence-corrected chi connectivity index (χ0v) is 26.6. The van der Waals surface area contributed by atoms with E-state index >= 15 is 0 Å². The molecule has 1 saturated heterocycles. The number of rotatable bonds is 6. The number of nitrogens with zero attached hydrogens (tertiary/aromatic N) is 1. The molecule has 0 spiro atoms. The van der Waals surface area contributed by atoms with Crippen LogP contribution in [0.25, 0.3) is 5.76 Å². The fraction of sp³-hybridized carbons (Fsp3) is 0.282. The van der Waals surface area contributed by atoms with Crippen LogP contribution in [0.2, 0.25) is 0 Å². The monoisotopic (exact) mass is 587 g/mol. The second-order valence-corrected chi connectivity index (χ2v) is 13.6. The normalized spacial score (nSPS) is 16.8. The van der Waals surface area contributed by atoms with E-state index in [9.17, 15) is 14.7 Å². The summed E-state index contributed by atoms with van der Waals surface area (Å²) >= 11 is 0. The fourth-order valence-corrected chi connectivity index (χ4v) is 5.55. The van der Waals surface area contributed by atoms with E-state index in [1.807, 2.05) is 85.8 Å². The van der Waals surface area contributed by atoms with Crippen LogP contribution in [0.15, 0.2) is 103 Å². The van der Waals surface area contributed by atoms with Gasteiger partial charge >= 0.3 is 0 Å². The third-order valence-electron chi connectivity index (χ3n) is 8.23. The molecule has 1 atom stereocenters. The van der Waals surface area contributed by atoms with Gasteiger partial charge in [-0.25, -0.2) is 0 Å². The van der Waals surface area contributed by atoms with Gasteiger partial charge in [0.15, 0.2) is 0 Å². The Bertz CT molecular complexity index is 1700. The minimum atomic E-state index is -0.793. The first-order valence-electron chi connectivity index (χ1n) is 15.1. The van der Waals surface area contributed by atoms with Gasteiger partial charge in [-0.05, 0) is 75.9 Å². The molecule has 226 valence electrons. The third kappa shape index (κ3) is 6.19. The quantitative estimate of drug-likeness (QED) is 0.139. The second-order valence-electron chi connectivity index (χ2n) is 13.6. The number of carbonyl (C=O) groups excluding carboxylic acids is 2. The molecule has 1 fully saturated rings. The van der Waals surface area contributed by atoms with Crippen molar-refractivity contribution in [1.29, 1.82) is 0 Å². The molecule has 0 radical (unpaired) electrons. The maximum Gasteiger partial charge on any atom is 0.300 e. The van der Waals surface area contributed by atoms with Crippen molar-refractivity contribution >= 4 is 23.1 Å².